The number of carbonyl (C=O) groups is 1. The van der Waals surface area contributed by atoms with Gasteiger partial charge in [-0.2, -0.15) is 4.68 Å². The molecule has 0 atom stereocenters. The lowest BCUT2D eigenvalue weighted by Crippen LogP contribution is -2.49. The van der Waals surface area contributed by atoms with Crippen molar-refractivity contribution in [2.24, 2.45) is 0 Å². The highest BCUT2D eigenvalue weighted by molar-refractivity contribution is 5.84. The number of anilines is 1. The molecular weight excluding hydrogens is 446 g/mol. The molecule has 1 saturated heterocycles. The van der Waals surface area contributed by atoms with Gasteiger partial charge >= 0.3 is 0 Å². The van der Waals surface area contributed by atoms with Crippen molar-refractivity contribution in [3.63, 3.8) is 0 Å². The van der Waals surface area contributed by atoms with E-state index < -0.39 is 0 Å². The largest absolute Gasteiger partial charge is 0.497 e. The Labute approximate surface area is 203 Å². The van der Waals surface area contributed by atoms with Gasteiger partial charge in [0.1, 0.15) is 17.8 Å². The number of aryl methyl sites for hydroxylation is 1. The third kappa shape index (κ3) is 4.72. The summed E-state index contributed by atoms with van der Waals surface area (Å²) in [5, 5.41) is 8.68. The van der Waals surface area contributed by atoms with E-state index in [1.54, 1.807) is 18.9 Å². The Hall–Kier alpha value is -4.21. The van der Waals surface area contributed by atoms with Crippen molar-refractivity contribution in [1.29, 1.82) is 0 Å². The Morgan fingerprint density at radius 3 is 2.46 bits per heavy atom. The number of aromatic nitrogens is 5. The van der Waals surface area contributed by atoms with E-state index in [1.165, 1.54) is 6.33 Å². The maximum absolute atomic E-state index is 12.8. The van der Waals surface area contributed by atoms with E-state index in [-0.39, 0.29) is 5.91 Å². The first kappa shape index (κ1) is 22.6. The van der Waals surface area contributed by atoms with Crippen LogP contribution in [0.4, 0.5) is 5.82 Å². The number of carbonyl (C=O) groups excluding carboxylic acids is 1. The summed E-state index contributed by atoms with van der Waals surface area (Å²) in [4.78, 5) is 25.8. The third-order valence-corrected chi connectivity index (χ3v) is 6.23. The molecule has 180 valence electrons. The molecule has 10 nitrogen and oxygen atoms in total. The molecule has 1 aliphatic rings. The van der Waals surface area contributed by atoms with Gasteiger partial charge in [0.25, 0.3) is 0 Å². The highest BCUT2D eigenvalue weighted by Crippen LogP contribution is 2.25. The monoisotopic (exact) mass is 473 g/mol. The highest BCUT2D eigenvalue weighted by Gasteiger charge is 2.25. The minimum Gasteiger partial charge on any atom is -0.497 e. The van der Waals surface area contributed by atoms with E-state index in [9.17, 15) is 4.79 Å². The Morgan fingerprint density at radius 1 is 0.943 bits per heavy atom. The van der Waals surface area contributed by atoms with Crippen LogP contribution in [-0.4, -0.2) is 76.2 Å². The second-order valence-electron chi connectivity index (χ2n) is 8.29. The van der Waals surface area contributed by atoms with Gasteiger partial charge in [0.2, 0.25) is 5.91 Å². The van der Waals surface area contributed by atoms with Crippen LogP contribution in [0, 0.1) is 0 Å². The summed E-state index contributed by atoms with van der Waals surface area (Å²) in [6, 6.07) is 15.4. The number of benzene rings is 2. The summed E-state index contributed by atoms with van der Waals surface area (Å²) < 4.78 is 12.2. The van der Waals surface area contributed by atoms with E-state index >= 15 is 0 Å². The van der Waals surface area contributed by atoms with Gasteiger partial charge in [-0.15, -0.1) is 5.10 Å². The quantitative estimate of drug-likeness (QED) is 0.404. The number of piperazine rings is 1. The number of hydrogen-bond donors (Lipinski definition) is 0. The number of amides is 1. The summed E-state index contributed by atoms with van der Waals surface area (Å²) in [5.41, 5.74) is 3.19. The molecule has 0 saturated carbocycles. The fraction of sp³-hybridized carbons (Fsp3) is 0.320. The Balaban J connectivity index is 1.24. The smallest absolute Gasteiger partial charge is 0.223 e. The molecule has 1 amide bonds. The SMILES string of the molecule is COc1ccc(CCC(=O)N2CCN(c3ncnc4c3nnn4-c3cccc(OC)c3)CC2)cc1. The molecule has 5 rings (SSSR count). The van der Waals surface area contributed by atoms with Crippen LogP contribution < -0.4 is 14.4 Å². The molecule has 0 radical (unpaired) electrons. The van der Waals surface area contributed by atoms with Crippen LogP contribution in [0.1, 0.15) is 12.0 Å². The van der Waals surface area contributed by atoms with Gasteiger partial charge in [-0.25, -0.2) is 9.97 Å². The minimum atomic E-state index is 0.164. The van der Waals surface area contributed by atoms with E-state index in [1.807, 2.05) is 53.4 Å². The standard InChI is InChI=1S/C25H27N7O3/c1-34-20-9-6-18(7-10-20)8-11-22(33)30-12-14-31(15-13-30)24-23-25(27-17-26-24)32(29-28-23)19-4-3-5-21(16-19)35-2/h3-7,9-10,16-17H,8,11-15H2,1-2H3. The molecule has 3 heterocycles. The van der Waals surface area contributed by atoms with Crippen LogP contribution in [0.15, 0.2) is 54.9 Å². The normalized spacial score (nSPS) is 13.8. The van der Waals surface area contributed by atoms with Crippen molar-refractivity contribution in [3.05, 3.63) is 60.4 Å². The van der Waals surface area contributed by atoms with E-state index in [2.05, 4.69) is 25.2 Å². The average molecular weight is 474 g/mol. The van der Waals surface area contributed by atoms with Crippen LogP contribution in [-0.2, 0) is 11.2 Å². The molecule has 0 bridgehead atoms. The van der Waals surface area contributed by atoms with E-state index in [0.29, 0.717) is 50.2 Å². The summed E-state index contributed by atoms with van der Waals surface area (Å²) >= 11 is 0. The van der Waals surface area contributed by atoms with Gasteiger partial charge in [0.05, 0.1) is 19.9 Å². The molecule has 2 aromatic heterocycles. The van der Waals surface area contributed by atoms with E-state index in [0.717, 1.165) is 28.6 Å². The molecule has 4 aromatic rings. The zero-order valence-corrected chi connectivity index (χ0v) is 19.8. The molecule has 0 spiro atoms. The van der Waals surface area contributed by atoms with Crippen LogP contribution in [0.2, 0.25) is 0 Å². The minimum absolute atomic E-state index is 0.164. The lowest BCUT2D eigenvalue weighted by atomic mass is 10.1. The van der Waals surface area contributed by atoms with Gasteiger partial charge in [-0.1, -0.05) is 23.4 Å². The van der Waals surface area contributed by atoms with Gasteiger partial charge < -0.3 is 19.3 Å². The number of rotatable bonds is 7. The number of nitrogens with zero attached hydrogens (tertiary/aromatic N) is 7. The first-order chi connectivity index (χ1) is 17.2. The Kier molecular flexibility index (Phi) is 6.42. The molecule has 0 unspecified atom stereocenters. The first-order valence-corrected chi connectivity index (χ1v) is 11.5. The molecule has 0 aliphatic carbocycles. The van der Waals surface area contributed by atoms with Crippen molar-refractivity contribution in [3.8, 4) is 17.2 Å². The van der Waals surface area contributed by atoms with Crippen molar-refractivity contribution < 1.29 is 14.3 Å². The third-order valence-electron chi connectivity index (χ3n) is 6.23. The number of hydrogen-bond acceptors (Lipinski definition) is 8. The van der Waals surface area contributed by atoms with E-state index in [4.69, 9.17) is 9.47 Å². The Morgan fingerprint density at radius 2 is 1.71 bits per heavy atom. The lowest BCUT2D eigenvalue weighted by molar-refractivity contribution is -0.131. The summed E-state index contributed by atoms with van der Waals surface area (Å²) in [7, 11) is 3.27. The Bertz CT molecular complexity index is 1310. The van der Waals surface area contributed by atoms with Crippen molar-refractivity contribution in [1.82, 2.24) is 29.9 Å². The lowest BCUT2D eigenvalue weighted by Gasteiger charge is -2.35. The molecule has 0 N–H and O–H groups in total. The molecule has 35 heavy (non-hydrogen) atoms. The van der Waals surface area contributed by atoms with Crippen LogP contribution in [0.25, 0.3) is 16.9 Å². The van der Waals surface area contributed by atoms with Crippen molar-refractivity contribution in [2.45, 2.75) is 12.8 Å². The predicted octanol–water partition coefficient (Wildman–Crippen LogP) is 2.51. The topological polar surface area (TPSA) is 98.5 Å². The maximum Gasteiger partial charge on any atom is 0.223 e. The van der Waals surface area contributed by atoms with Gasteiger partial charge in [0, 0.05) is 38.7 Å². The average Bonchev–Trinajstić information content (AvgIpc) is 3.36. The fourth-order valence-corrected chi connectivity index (χ4v) is 4.25. The summed E-state index contributed by atoms with van der Waals surface area (Å²) in [6.45, 7) is 2.62. The maximum atomic E-state index is 12.8. The highest BCUT2D eigenvalue weighted by atomic mass is 16.5. The van der Waals surface area contributed by atoms with Crippen LogP contribution >= 0.6 is 0 Å². The number of ether oxygens (including phenoxy) is 2. The van der Waals surface area contributed by atoms with Crippen molar-refractivity contribution in [2.75, 3.05) is 45.3 Å². The summed E-state index contributed by atoms with van der Waals surface area (Å²) in [6.07, 6.45) is 2.73. The second-order valence-corrected chi connectivity index (χ2v) is 8.29. The first-order valence-electron chi connectivity index (χ1n) is 11.5. The zero-order chi connectivity index (χ0) is 24.2. The molecule has 1 aliphatic heterocycles. The zero-order valence-electron chi connectivity index (χ0n) is 19.8. The molecule has 10 heteroatoms. The summed E-state index contributed by atoms with van der Waals surface area (Å²) in [5.74, 6) is 2.44. The van der Waals surface area contributed by atoms with Crippen molar-refractivity contribution >= 4 is 22.9 Å². The number of fused-ring (bicyclic) bond motifs is 1. The van der Waals surface area contributed by atoms with Gasteiger partial charge in [-0.3, -0.25) is 4.79 Å². The molecule has 2 aromatic carbocycles. The fourth-order valence-electron chi connectivity index (χ4n) is 4.25. The van der Waals surface area contributed by atoms with Gasteiger partial charge in [0.15, 0.2) is 17.0 Å². The predicted molar refractivity (Wildman–Crippen MR) is 131 cm³/mol. The van der Waals surface area contributed by atoms with Gasteiger partial charge in [-0.05, 0) is 36.2 Å². The van der Waals surface area contributed by atoms with Crippen LogP contribution in [0.3, 0.4) is 0 Å². The number of methoxy groups -OCH3 is 2. The second kappa shape index (κ2) is 9.96. The van der Waals surface area contributed by atoms with Crippen LogP contribution in [0.5, 0.6) is 11.5 Å². The molecular formula is C25H27N7O3. The molecule has 1 fully saturated rings.